The number of fused-ring (bicyclic) bond motifs is 1. The first-order valence-electron chi connectivity index (χ1n) is 15.5. The number of amides is 3. The van der Waals surface area contributed by atoms with Crippen molar-refractivity contribution in [3.8, 4) is 0 Å². The van der Waals surface area contributed by atoms with Crippen LogP contribution in [0.1, 0.15) is 82.9 Å². The molecule has 3 atom stereocenters. The van der Waals surface area contributed by atoms with Crippen LogP contribution < -0.4 is 0 Å². The number of aryl methyl sites for hydroxylation is 1. The van der Waals surface area contributed by atoms with Crippen LogP contribution in [0, 0.1) is 17.3 Å². The van der Waals surface area contributed by atoms with Gasteiger partial charge in [0.15, 0.2) is 5.69 Å². The van der Waals surface area contributed by atoms with E-state index in [4.69, 9.17) is 9.72 Å². The number of carbonyl (C=O) groups is 3. The molecule has 2 fully saturated rings. The Balaban J connectivity index is 1.78. The molecule has 0 spiro atoms. The van der Waals surface area contributed by atoms with Crippen molar-refractivity contribution in [1.29, 1.82) is 0 Å². The molecule has 0 aromatic carbocycles. The zero-order chi connectivity index (χ0) is 30.6. The average molecular weight is 584 g/mol. The molecule has 232 valence electrons. The van der Waals surface area contributed by atoms with Gasteiger partial charge in [0.25, 0.3) is 5.91 Å². The Labute approximate surface area is 250 Å². The summed E-state index contributed by atoms with van der Waals surface area (Å²) >= 11 is 0. The molecule has 42 heavy (non-hydrogen) atoms. The molecule has 2 aromatic rings. The van der Waals surface area contributed by atoms with Crippen LogP contribution in [-0.4, -0.2) is 99.1 Å². The van der Waals surface area contributed by atoms with Gasteiger partial charge in [-0.2, -0.15) is 0 Å². The standard InChI is InChI=1S/C32H49N5O5/c1-22(2)20-36(30(39)27-24(13-8-12-18-42-6)35-17-9-7-14-26(35)33-27)25-19-23(29(38)34-15-10-11-16-34)21-37(31(40)41)28(25)32(3,4)5/h7,9,14,17,22-23,25,28H,8,10-13,15-16,18-21H2,1-6H3,(H,40,41)/t23-,25+,28?/m1/s1. The first-order chi connectivity index (χ1) is 19.9. The maximum Gasteiger partial charge on any atom is 0.407 e. The van der Waals surface area contributed by atoms with Crippen molar-refractivity contribution < 1.29 is 24.2 Å². The number of hydrogen-bond acceptors (Lipinski definition) is 5. The van der Waals surface area contributed by atoms with E-state index in [9.17, 15) is 19.5 Å². The van der Waals surface area contributed by atoms with Crippen LogP contribution in [0.4, 0.5) is 4.79 Å². The molecule has 2 aliphatic rings. The van der Waals surface area contributed by atoms with E-state index in [2.05, 4.69) is 13.8 Å². The second-order valence-corrected chi connectivity index (χ2v) is 13.4. The van der Waals surface area contributed by atoms with Gasteiger partial charge in [0.05, 0.1) is 23.7 Å². The van der Waals surface area contributed by atoms with Gasteiger partial charge in [-0.25, -0.2) is 9.78 Å². The highest BCUT2D eigenvalue weighted by Crippen LogP contribution is 2.39. The predicted molar refractivity (Wildman–Crippen MR) is 162 cm³/mol. The van der Waals surface area contributed by atoms with Gasteiger partial charge in [-0.1, -0.05) is 40.7 Å². The third kappa shape index (κ3) is 6.90. The van der Waals surface area contributed by atoms with Crippen molar-refractivity contribution in [2.45, 2.75) is 85.2 Å². The maximum atomic E-state index is 14.7. The van der Waals surface area contributed by atoms with Crippen LogP contribution in [-0.2, 0) is 16.0 Å². The first-order valence-corrected chi connectivity index (χ1v) is 15.5. The minimum absolute atomic E-state index is 0.000354. The molecular weight excluding hydrogens is 534 g/mol. The van der Waals surface area contributed by atoms with Crippen LogP contribution in [0.5, 0.6) is 0 Å². The Bertz CT molecular complexity index is 1250. The molecule has 1 unspecified atom stereocenters. The fourth-order valence-corrected chi connectivity index (χ4v) is 6.86. The summed E-state index contributed by atoms with van der Waals surface area (Å²) in [7, 11) is 1.69. The molecule has 4 rings (SSSR count). The number of nitrogens with zero attached hydrogens (tertiary/aromatic N) is 5. The summed E-state index contributed by atoms with van der Waals surface area (Å²) in [4.78, 5) is 51.1. The minimum Gasteiger partial charge on any atom is -0.465 e. The van der Waals surface area contributed by atoms with Crippen molar-refractivity contribution in [2.75, 3.05) is 39.9 Å². The number of methoxy groups -OCH3 is 1. The highest BCUT2D eigenvalue weighted by molar-refractivity contribution is 5.95. The molecule has 1 N–H and O–H groups in total. The summed E-state index contributed by atoms with van der Waals surface area (Å²) in [5.41, 5.74) is 1.49. The zero-order valence-electron chi connectivity index (χ0n) is 26.2. The number of pyridine rings is 1. The van der Waals surface area contributed by atoms with Gasteiger partial charge in [0.2, 0.25) is 5.91 Å². The van der Waals surface area contributed by atoms with E-state index < -0.39 is 29.5 Å². The Morgan fingerprint density at radius 2 is 1.86 bits per heavy atom. The SMILES string of the molecule is COCCCCc1c(C(=O)N(CC(C)C)[C@H]2C[C@@H](C(=O)N3CCCC3)CN(C(=O)O)C2C(C)(C)C)nc2ccccn12. The van der Waals surface area contributed by atoms with Crippen molar-refractivity contribution >= 4 is 23.6 Å². The molecule has 0 radical (unpaired) electrons. The number of rotatable bonds is 10. The highest BCUT2D eigenvalue weighted by Gasteiger charge is 2.50. The average Bonchev–Trinajstić information content (AvgIpc) is 3.61. The molecular formula is C32H49N5O5. The number of unbranched alkanes of at least 4 members (excludes halogenated alkanes) is 1. The smallest absolute Gasteiger partial charge is 0.407 e. The summed E-state index contributed by atoms with van der Waals surface area (Å²) in [6.07, 6.45) is 5.61. The normalized spacial score (nSPS) is 21.4. The quantitative estimate of drug-likeness (QED) is 0.403. The summed E-state index contributed by atoms with van der Waals surface area (Å²) in [6, 6.07) is 4.78. The molecule has 0 saturated carbocycles. The number of likely N-dealkylation sites (tertiary alicyclic amines) is 2. The van der Waals surface area contributed by atoms with E-state index in [1.807, 2.05) is 59.4 Å². The van der Waals surface area contributed by atoms with Gasteiger partial charge in [-0.15, -0.1) is 0 Å². The van der Waals surface area contributed by atoms with Gasteiger partial charge in [-0.3, -0.25) is 9.59 Å². The van der Waals surface area contributed by atoms with Crippen LogP contribution in [0.25, 0.3) is 5.65 Å². The summed E-state index contributed by atoms with van der Waals surface area (Å²) in [6.45, 7) is 12.8. The van der Waals surface area contributed by atoms with Crippen LogP contribution in [0.2, 0.25) is 0 Å². The number of carbonyl (C=O) groups excluding carboxylic acids is 2. The van der Waals surface area contributed by atoms with Crippen molar-refractivity contribution in [3.63, 3.8) is 0 Å². The van der Waals surface area contributed by atoms with Crippen molar-refractivity contribution in [2.24, 2.45) is 17.3 Å². The summed E-state index contributed by atoms with van der Waals surface area (Å²) in [5, 5.41) is 10.4. The molecule has 10 heteroatoms. The number of hydrogen-bond donors (Lipinski definition) is 1. The lowest BCUT2D eigenvalue weighted by Gasteiger charge is -2.52. The molecule has 2 aliphatic heterocycles. The Hall–Kier alpha value is -3.14. The molecule has 4 heterocycles. The van der Waals surface area contributed by atoms with E-state index in [-0.39, 0.29) is 24.3 Å². The van der Waals surface area contributed by atoms with Crippen molar-refractivity contribution in [3.05, 3.63) is 35.8 Å². The molecule has 10 nitrogen and oxygen atoms in total. The summed E-state index contributed by atoms with van der Waals surface area (Å²) < 4.78 is 7.23. The molecule has 2 aromatic heterocycles. The number of aromatic nitrogens is 2. The van der Waals surface area contributed by atoms with E-state index in [0.29, 0.717) is 50.4 Å². The van der Waals surface area contributed by atoms with Gasteiger partial charge >= 0.3 is 6.09 Å². The van der Waals surface area contributed by atoms with Crippen LogP contribution >= 0.6 is 0 Å². The monoisotopic (exact) mass is 583 g/mol. The first kappa shape index (κ1) is 31.8. The second-order valence-electron chi connectivity index (χ2n) is 13.4. The maximum absolute atomic E-state index is 14.7. The second kappa shape index (κ2) is 13.4. The zero-order valence-corrected chi connectivity index (χ0v) is 26.2. The van der Waals surface area contributed by atoms with Gasteiger partial charge < -0.3 is 28.9 Å². The van der Waals surface area contributed by atoms with E-state index in [1.54, 1.807) is 7.11 Å². The number of carboxylic acid groups (broad SMARTS) is 1. The topological polar surface area (TPSA) is 108 Å². The Morgan fingerprint density at radius 1 is 1.14 bits per heavy atom. The summed E-state index contributed by atoms with van der Waals surface area (Å²) in [5.74, 6) is -0.572. The predicted octanol–water partition coefficient (Wildman–Crippen LogP) is 4.81. The van der Waals surface area contributed by atoms with Gasteiger partial charge in [-0.05, 0) is 62.0 Å². The van der Waals surface area contributed by atoms with Gasteiger partial charge in [0.1, 0.15) is 5.65 Å². The Kier molecular flexibility index (Phi) is 10.2. The Morgan fingerprint density at radius 3 is 2.48 bits per heavy atom. The third-order valence-corrected chi connectivity index (χ3v) is 8.61. The largest absolute Gasteiger partial charge is 0.465 e. The van der Waals surface area contributed by atoms with E-state index >= 15 is 0 Å². The number of imidazole rings is 1. The van der Waals surface area contributed by atoms with Gasteiger partial charge in [0, 0.05) is 46.1 Å². The molecule has 0 aliphatic carbocycles. The third-order valence-electron chi connectivity index (χ3n) is 8.61. The lowest BCUT2D eigenvalue weighted by molar-refractivity contribution is -0.139. The fraction of sp³-hybridized carbons (Fsp3) is 0.688. The highest BCUT2D eigenvalue weighted by atomic mass is 16.5. The number of piperidine rings is 1. The van der Waals surface area contributed by atoms with Crippen LogP contribution in [0.15, 0.2) is 24.4 Å². The van der Waals surface area contributed by atoms with E-state index in [0.717, 1.165) is 31.4 Å². The molecule has 3 amide bonds. The lowest BCUT2D eigenvalue weighted by atomic mass is 9.74. The molecule has 0 bridgehead atoms. The number of ether oxygens (including phenoxy) is 1. The van der Waals surface area contributed by atoms with E-state index in [1.165, 1.54) is 4.90 Å². The van der Waals surface area contributed by atoms with Crippen molar-refractivity contribution in [1.82, 2.24) is 24.1 Å². The van der Waals surface area contributed by atoms with Crippen LogP contribution in [0.3, 0.4) is 0 Å². The fourth-order valence-electron chi connectivity index (χ4n) is 6.86. The molecule has 2 saturated heterocycles. The lowest BCUT2D eigenvalue weighted by Crippen LogP contribution is -2.66. The minimum atomic E-state index is -1.05.